The number of imidazole rings is 1. The van der Waals surface area contributed by atoms with Gasteiger partial charge in [-0.2, -0.15) is 23.1 Å². The van der Waals surface area contributed by atoms with Gasteiger partial charge in [0, 0.05) is 13.0 Å². The van der Waals surface area contributed by atoms with Crippen molar-refractivity contribution >= 4 is 57.7 Å². The normalized spacial score (nSPS) is 17.4. The average Bonchev–Trinajstić information content (AvgIpc) is 3.37. The van der Waals surface area contributed by atoms with Gasteiger partial charge in [0.2, 0.25) is 11.8 Å². The van der Waals surface area contributed by atoms with Crippen LogP contribution in [0.5, 0.6) is 5.88 Å². The van der Waals surface area contributed by atoms with E-state index >= 15 is 0 Å². The Morgan fingerprint density at radius 3 is 2.41 bits per heavy atom. The number of fused-ring (bicyclic) bond motifs is 1. The van der Waals surface area contributed by atoms with Crippen molar-refractivity contribution in [3.05, 3.63) is 39.4 Å². The maximum Gasteiger partial charge on any atom is 0.391 e. The van der Waals surface area contributed by atoms with Crippen LogP contribution in [0, 0.1) is 11.8 Å². The number of rotatable bonds is 13. The Labute approximate surface area is 271 Å². The van der Waals surface area contributed by atoms with Gasteiger partial charge in [0.25, 0.3) is 12.3 Å². The largest absolute Gasteiger partial charge is 0.471 e. The van der Waals surface area contributed by atoms with Crippen LogP contribution in [0.15, 0.2) is 18.2 Å². The fraction of sp³-hybridized carbons (Fsp3) is 0.533. The SMILES string of the molecule is CC(C)(F)C(=O)NCc1ccc(Cl)c(Nc2nc3nc(OCC(F)F)c(C(=O)CCCC4CCC(C(F)(F)F)CC4)cc3[nH]2)c1Cl. The van der Waals surface area contributed by atoms with Crippen molar-refractivity contribution in [3.8, 4) is 5.88 Å². The molecule has 4 rings (SSSR count). The van der Waals surface area contributed by atoms with E-state index in [9.17, 15) is 35.9 Å². The summed E-state index contributed by atoms with van der Waals surface area (Å²) >= 11 is 12.9. The highest BCUT2D eigenvalue weighted by molar-refractivity contribution is 6.39. The number of carbonyl (C=O) groups excluding carboxylic acids is 2. The predicted molar refractivity (Wildman–Crippen MR) is 162 cm³/mol. The first-order chi connectivity index (χ1) is 21.5. The van der Waals surface area contributed by atoms with Crippen LogP contribution in [0.2, 0.25) is 10.0 Å². The van der Waals surface area contributed by atoms with Gasteiger partial charge in [-0.05, 0) is 69.6 Å². The molecule has 3 N–H and O–H groups in total. The zero-order valence-corrected chi connectivity index (χ0v) is 26.5. The van der Waals surface area contributed by atoms with E-state index < -0.39 is 42.5 Å². The molecular formula is C30H33Cl2F6N5O3. The molecule has 0 unspecified atom stereocenters. The predicted octanol–water partition coefficient (Wildman–Crippen LogP) is 8.74. The van der Waals surface area contributed by atoms with Gasteiger partial charge in [0.1, 0.15) is 0 Å². The summed E-state index contributed by atoms with van der Waals surface area (Å²) in [5.74, 6) is -2.72. The van der Waals surface area contributed by atoms with Crippen LogP contribution in [-0.2, 0) is 11.3 Å². The van der Waals surface area contributed by atoms with Crippen LogP contribution in [0.25, 0.3) is 11.2 Å². The van der Waals surface area contributed by atoms with Crippen LogP contribution < -0.4 is 15.4 Å². The Bertz CT molecular complexity index is 1550. The molecular weight excluding hydrogens is 663 g/mol. The number of benzene rings is 1. The van der Waals surface area contributed by atoms with Crippen LogP contribution in [0.3, 0.4) is 0 Å². The fourth-order valence-corrected chi connectivity index (χ4v) is 5.78. The van der Waals surface area contributed by atoms with Crippen LogP contribution in [-0.4, -0.2) is 51.5 Å². The van der Waals surface area contributed by atoms with Crippen molar-refractivity contribution in [3.63, 3.8) is 0 Å². The summed E-state index contributed by atoms with van der Waals surface area (Å²) in [5, 5.41) is 5.66. The third kappa shape index (κ3) is 9.18. The number of alkyl halides is 6. The van der Waals surface area contributed by atoms with Gasteiger partial charge in [0.15, 0.2) is 23.7 Å². The van der Waals surface area contributed by atoms with Crippen molar-refractivity contribution in [1.82, 2.24) is 20.3 Å². The van der Waals surface area contributed by atoms with Gasteiger partial charge >= 0.3 is 6.18 Å². The molecule has 2 aromatic heterocycles. The molecule has 0 aliphatic heterocycles. The first-order valence-corrected chi connectivity index (χ1v) is 15.4. The van der Waals surface area contributed by atoms with Crippen LogP contribution >= 0.6 is 23.2 Å². The number of Topliss-reactive ketones (excluding diaryl/α,β-unsaturated/α-hetero) is 1. The van der Waals surface area contributed by atoms with Crippen molar-refractivity contribution < 1.29 is 40.7 Å². The summed E-state index contributed by atoms with van der Waals surface area (Å²) in [7, 11) is 0. The first-order valence-electron chi connectivity index (χ1n) is 14.7. The Morgan fingerprint density at radius 2 is 1.78 bits per heavy atom. The lowest BCUT2D eigenvalue weighted by Crippen LogP contribution is -2.38. The number of amides is 1. The topological polar surface area (TPSA) is 109 Å². The van der Waals surface area contributed by atoms with Gasteiger partial charge < -0.3 is 20.4 Å². The van der Waals surface area contributed by atoms with Crippen molar-refractivity contribution in [1.29, 1.82) is 0 Å². The first kappa shape index (κ1) is 35.6. The van der Waals surface area contributed by atoms with E-state index in [1.165, 1.54) is 12.1 Å². The molecule has 0 radical (unpaired) electrons. The van der Waals surface area contributed by atoms with E-state index in [-0.39, 0.29) is 76.0 Å². The van der Waals surface area contributed by atoms with Crippen molar-refractivity contribution in [2.75, 3.05) is 11.9 Å². The Balaban J connectivity index is 1.49. The molecule has 1 aliphatic carbocycles. The number of carbonyl (C=O) groups is 2. The van der Waals surface area contributed by atoms with E-state index in [1.54, 1.807) is 6.07 Å². The van der Waals surface area contributed by atoms with Crippen LogP contribution in [0.4, 0.5) is 38.0 Å². The molecule has 0 spiro atoms. The van der Waals surface area contributed by atoms with Gasteiger partial charge in [0.05, 0.1) is 32.7 Å². The quantitative estimate of drug-likeness (QED) is 0.122. The summed E-state index contributed by atoms with van der Waals surface area (Å²) in [5.41, 5.74) is -1.23. The summed E-state index contributed by atoms with van der Waals surface area (Å²) < 4.78 is 83.9. The molecule has 2 heterocycles. The Hall–Kier alpha value is -3.26. The Morgan fingerprint density at radius 1 is 1.09 bits per heavy atom. The number of hydrogen-bond acceptors (Lipinski definition) is 6. The van der Waals surface area contributed by atoms with Gasteiger partial charge in [-0.3, -0.25) is 9.59 Å². The monoisotopic (exact) mass is 695 g/mol. The number of ether oxygens (including phenoxy) is 1. The third-order valence-electron chi connectivity index (χ3n) is 7.80. The molecule has 1 fully saturated rings. The standard InChI is InChI=1S/C30H33Cl2F6N5O3/c1-29(2,35)27(45)39-13-16-8-11-19(31)24(23(16)32)41-28-40-20-12-18(26(42-25(20)43-28)46-14-22(33)34)21(44)5-3-4-15-6-9-17(10-7-15)30(36,37)38/h8,11-12,15,17,22H,3-7,9-10,13-14H2,1-2H3,(H,39,45)(H2,40,41,42,43). The molecule has 0 bridgehead atoms. The third-order valence-corrected chi connectivity index (χ3v) is 8.55. The molecule has 8 nitrogen and oxygen atoms in total. The lowest BCUT2D eigenvalue weighted by atomic mass is 9.79. The summed E-state index contributed by atoms with van der Waals surface area (Å²) in [6.45, 7) is 1.13. The number of hydrogen-bond donors (Lipinski definition) is 3. The zero-order valence-electron chi connectivity index (χ0n) is 25.0. The number of halogens is 8. The lowest BCUT2D eigenvalue weighted by Gasteiger charge is -2.29. The summed E-state index contributed by atoms with van der Waals surface area (Å²) in [6.07, 6.45) is -5.05. The molecule has 1 saturated carbocycles. The molecule has 0 atom stereocenters. The molecule has 1 aliphatic rings. The Kier molecular flexibility index (Phi) is 11.3. The highest BCUT2D eigenvalue weighted by Crippen LogP contribution is 2.41. The second-order valence-corrected chi connectivity index (χ2v) is 12.5. The van der Waals surface area contributed by atoms with E-state index in [0.29, 0.717) is 31.2 Å². The van der Waals surface area contributed by atoms with E-state index in [1.807, 2.05) is 0 Å². The number of aromatic amines is 1. The lowest BCUT2D eigenvalue weighted by molar-refractivity contribution is -0.184. The molecule has 46 heavy (non-hydrogen) atoms. The smallest absolute Gasteiger partial charge is 0.391 e. The highest BCUT2D eigenvalue weighted by Gasteiger charge is 2.41. The molecule has 1 amide bonds. The van der Waals surface area contributed by atoms with Gasteiger partial charge in [-0.25, -0.2) is 13.2 Å². The number of anilines is 2. The molecule has 252 valence electrons. The fourth-order valence-electron chi connectivity index (χ4n) is 5.25. The second-order valence-electron chi connectivity index (χ2n) is 11.8. The average molecular weight is 697 g/mol. The number of pyridine rings is 1. The number of ketones is 1. The summed E-state index contributed by atoms with van der Waals surface area (Å²) in [6, 6.07) is 4.44. The van der Waals surface area contributed by atoms with Crippen molar-refractivity contribution in [2.24, 2.45) is 11.8 Å². The van der Waals surface area contributed by atoms with Gasteiger partial charge in [-0.1, -0.05) is 35.7 Å². The van der Waals surface area contributed by atoms with Gasteiger partial charge in [-0.15, -0.1) is 0 Å². The van der Waals surface area contributed by atoms with E-state index in [4.69, 9.17) is 27.9 Å². The maximum atomic E-state index is 13.9. The maximum absolute atomic E-state index is 13.9. The van der Waals surface area contributed by atoms with Crippen molar-refractivity contribution in [2.45, 2.75) is 83.6 Å². The second kappa shape index (κ2) is 14.7. The summed E-state index contributed by atoms with van der Waals surface area (Å²) in [4.78, 5) is 36.5. The molecule has 16 heteroatoms. The molecule has 3 aromatic rings. The number of nitrogens with one attached hydrogen (secondary N) is 3. The minimum atomic E-state index is -4.20. The number of H-pyrrole nitrogens is 1. The molecule has 0 saturated heterocycles. The minimum Gasteiger partial charge on any atom is -0.471 e. The highest BCUT2D eigenvalue weighted by atomic mass is 35.5. The number of aromatic nitrogens is 3. The zero-order chi connectivity index (χ0) is 33.8. The van der Waals surface area contributed by atoms with E-state index in [0.717, 1.165) is 13.8 Å². The van der Waals surface area contributed by atoms with Crippen LogP contribution in [0.1, 0.15) is 74.7 Å². The number of nitrogens with zero attached hydrogens (tertiary/aromatic N) is 2. The molecule has 1 aromatic carbocycles. The minimum absolute atomic E-state index is 0.0187. The van der Waals surface area contributed by atoms with E-state index in [2.05, 4.69) is 25.6 Å².